The van der Waals surface area contributed by atoms with Crippen molar-refractivity contribution in [3.63, 3.8) is 0 Å². The van der Waals surface area contributed by atoms with Crippen LogP contribution in [0.3, 0.4) is 0 Å². The maximum Gasteiger partial charge on any atom is 0.129 e. The smallest absolute Gasteiger partial charge is 0.129 e. The van der Waals surface area contributed by atoms with E-state index in [1.54, 1.807) is 0 Å². The molecular weight excluding hydrogens is 192 g/mol. The van der Waals surface area contributed by atoms with Gasteiger partial charge in [-0.15, -0.1) is 11.3 Å². The molecular formula is C11H14N2S. The molecule has 1 aromatic rings. The molecule has 0 spiro atoms. The molecule has 14 heavy (non-hydrogen) atoms. The van der Waals surface area contributed by atoms with Crippen LogP contribution in [0.2, 0.25) is 0 Å². The van der Waals surface area contributed by atoms with E-state index < -0.39 is 0 Å². The highest BCUT2D eigenvalue weighted by Gasteiger charge is 2.24. The number of nitrogens with one attached hydrogen (secondary N) is 1. The molecule has 0 amide bonds. The molecule has 0 bridgehead atoms. The standard InChI is InChI=1S/C11H14N2S/c1-2-10-9(5-7-14-10)11(12-6-1)13-8-3-4-8/h5,7-8H,1-4,6H2,(H,12,13). The van der Waals surface area contributed by atoms with Gasteiger partial charge in [-0.05, 0) is 37.1 Å². The second kappa shape index (κ2) is 3.39. The lowest BCUT2D eigenvalue weighted by molar-refractivity contribution is 0.843. The van der Waals surface area contributed by atoms with Crippen LogP contribution in [0.4, 0.5) is 0 Å². The van der Waals surface area contributed by atoms with Crippen molar-refractivity contribution >= 4 is 17.2 Å². The van der Waals surface area contributed by atoms with Crippen LogP contribution in [0.25, 0.3) is 0 Å². The van der Waals surface area contributed by atoms with Gasteiger partial charge < -0.3 is 5.32 Å². The first kappa shape index (κ1) is 8.48. The van der Waals surface area contributed by atoms with E-state index in [2.05, 4.69) is 21.8 Å². The predicted molar refractivity (Wildman–Crippen MR) is 60.2 cm³/mol. The number of aryl methyl sites for hydroxylation is 1. The SMILES string of the molecule is c1cc2c(s1)CCCN=C2NC1CC1. The normalized spacial score (nSPS) is 21.0. The number of thiophene rings is 1. The number of rotatable bonds is 1. The third kappa shape index (κ3) is 1.57. The minimum Gasteiger partial charge on any atom is -0.367 e. The number of hydrogen-bond donors (Lipinski definition) is 1. The fourth-order valence-corrected chi connectivity index (χ4v) is 2.73. The van der Waals surface area contributed by atoms with Gasteiger partial charge >= 0.3 is 0 Å². The topological polar surface area (TPSA) is 24.4 Å². The highest BCUT2D eigenvalue weighted by Crippen LogP contribution is 2.24. The van der Waals surface area contributed by atoms with E-state index in [1.807, 2.05) is 11.3 Å². The van der Waals surface area contributed by atoms with Crippen LogP contribution >= 0.6 is 11.3 Å². The summed E-state index contributed by atoms with van der Waals surface area (Å²) in [6, 6.07) is 2.92. The molecule has 1 N–H and O–H groups in total. The van der Waals surface area contributed by atoms with Crippen molar-refractivity contribution in [3.8, 4) is 0 Å². The van der Waals surface area contributed by atoms with Crippen molar-refractivity contribution in [2.24, 2.45) is 4.99 Å². The van der Waals surface area contributed by atoms with E-state index in [0.29, 0.717) is 6.04 Å². The Bertz CT molecular complexity index is 363. The zero-order chi connectivity index (χ0) is 9.38. The average Bonchev–Trinajstić information content (AvgIpc) is 2.93. The van der Waals surface area contributed by atoms with Crippen LogP contribution in [-0.4, -0.2) is 18.4 Å². The van der Waals surface area contributed by atoms with Gasteiger partial charge in [-0.2, -0.15) is 0 Å². The zero-order valence-corrected chi connectivity index (χ0v) is 8.94. The summed E-state index contributed by atoms with van der Waals surface area (Å²) < 4.78 is 0. The minimum atomic E-state index is 0.708. The van der Waals surface area contributed by atoms with E-state index in [1.165, 1.54) is 36.1 Å². The number of amidine groups is 1. The molecule has 2 aliphatic rings. The molecule has 3 rings (SSSR count). The second-order valence-electron chi connectivity index (χ2n) is 4.01. The lowest BCUT2D eigenvalue weighted by atomic mass is 10.2. The summed E-state index contributed by atoms with van der Waals surface area (Å²) >= 11 is 1.87. The lowest BCUT2D eigenvalue weighted by Gasteiger charge is -2.06. The van der Waals surface area contributed by atoms with Crippen LogP contribution in [0.1, 0.15) is 29.7 Å². The van der Waals surface area contributed by atoms with Gasteiger partial charge in [0, 0.05) is 23.0 Å². The highest BCUT2D eigenvalue weighted by atomic mass is 32.1. The van der Waals surface area contributed by atoms with Gasteiger partial charge in [0.2, 0.25) is 0 Å². The Balaban J connectivity index is 1.90. The van der Waals surface area contributed by atoms with Crippen LogP contribution in [0, 0.1) is 0 Å². The summed E-state index contributed by atoms with van der Waals surface area (Å²) in [4.78, 5) is 6.14. The Kier molecular flexibility index (Phi) is 2.05. The van der Waals surface area contributed by atoms with E-state index in [-0.39, 0.29) is 0 Å². The van der Waals surface area contributed by atoms with Crippen molar-refractivity contribution in [2.75, 3.05) is 6.54 Å². The number of aliphatic imine (C=N–C) groups is 1. The van der Waals surface area contributed by atoms with Crippen LogP contribution < -0.4 is 5.32 Å². The summed E-state index contributed by atoms with van der Waals surface area (Å²) in [5, 5.41) is 5.71. The molecule has 1 aromatic heterocycles. The van der Waals surface area contributed by atoms with Crippen LogP contribution in [-0.2, 0) is 6.42 Å². The van der Waals surface area contributed by atoms with Crippen molar-refractivity contribution in [2.45, 2.75) is 31.7 Å². The minimum absolute atomic E-state index is 0.708. The number of nitrogens with zero attached hydrogens (tertiary/aromatic N) is 1. The van der Waals surface area contributed by atoms with Crippen LogP contribution in [0.5, 0.6) is 0 Å². The summed E-state index contributed by atoms with van der Waals surface area (Å²) in [6.45, 7) is 0.983. The molecule has 0 atom stereocenters. The average molecular weight is 206 g/mol. The van der Waals surface area contributed by atoms with Gasteiger partial charge in [0.1, 0.15) is 5.84 Å². The summed E-state index contributed by atoms with van der Waals surface area (Å²) in [5.41, 5.74) is 1.36. The Morgan fingerprint density at radius 3 is 3.21 bits per heavy atom. The van der Waals surface area contributed by atoms with Gasteiger partial charge in [-0.3, -0.25) is 4.99 Å². The van der Waals surface area contributed by atoms with Crippen molar-refractivity contribution in [1.82, 2.24) is 5.32 Å². The van der Waals surface area contributed by atoms with Crippen molar-refractivity contribution in [1.29, 1.82) is 0 Å². The first-order valence-corrected chi connectivity index (χ1v) is 6.19. The first-order chi connectivity index (χ1) is 6.93. The third-order valence-electron chi connectivity index (χ3n) is 2.75. The Morgan fingerprint density at radius 1 is 1.43 bits per heavy atom. The van der Waals surface area contributed by atoms with Crippen molar-refractivity contribution < 1.29 is 0 Å². The molecule has 0 unspecified atom stereocenters. The summed E-state index contributed by atoms with van der Waals surface area (Å²) in [6.07, 6.45) is 5.03. The third-order valence-corrected chi connectivity index (χ3v) is 3.73. The molecule has 1 saturated carbocycles. The van der Waals surface area contributed by atoms with E-state index in [0.717, 1.165) is 12.4 Å². The van der Waals surface area contributed by atoms with Gasteiger partial charge in [0.15, 0.2) is 0 Å². The van der Waals surface area contributed by atoms with Gasteiger partial charge in [0.25, 0.3) is 0 Å². The molecule has 0 aromatic carbocycles. The molecule has 1 fully saturated rings. The summed E-state index contributed by atoms with van der Waals surface area (Å²) in [7, 11) is 0. The van der Waals surface area contributed by atoms with E-state index >= 15 is 0 Å². The van der Waals surface area contributed by atoms with Gasteiger partial charge in [-0.1, -0.05) is 0 Å². The summed E-state index contributed by atoms with van der Waals surface area (Å²) in [5.74, 6) is 1.15. The monoisotopic (exact) mass is 206 g/mol. The fourth-order valence-electron chi connectivity index (χ4n) is 1.81. The Labute approximate surface area is 88.1 Å². The highest BCUT2D eigenvalue weighted by molar-refractivity contribution is 7.10. The maximum atomic E-state index is 4.63. The van der Waals surface area contributed by atoms with Gasteiger partial charge in [0.05, 0.1) is 0 Å². The Hall–Kier alpha value is -0.830. The molecule has 0 saturated heterocycles. The predicted octanol–water partition coefficient (Wildman–Crippen LogP) is 2.19. The quantitative estimate of drug-likeness (QED) is 0.748. The van der Waals surface area contributed by atoms with E-state index in [4.69, 9.17) is 0 Å². The zero-order valence-electron chi connectivity index (χ0n) is 8.12. The number of hydrogen-bond acceptors (Lipinski definition) is 3. The van der Waals surface area contributed by atoms with Crippen molar-refractivity contribution in [3.05, 3.63) is 21.9 Å². The molecule has 3 heteroatoms. The second-order valence-corrected chi connectivity index (χ2v) is 5.01. The maximum absolute atomic E-state index is 4.63. The fraction of sp³-hybridized carbons (Fsp3) is 0.545. The lowest BCUT2D eigenvalue weighted by Crippen LogP contribution is -2.26. The largest absolute Gasteiger partial charge is 0.367 e. The number of fused-ring (bicyclic) bond motifs is 1. The molecule has 2 heterocycles. The van der Waals surface area contributed by atoms with Gasteiger partial charge in [-0.25, -0.2) is 0 Å². The van der Waals surface area contributed by atoms with Crippen LogP contribution in [0.15, 0.2) is 16.4 Å². The molecule has 74 valence electrons. The molecule has 2 nitrogen and oxygen atoms in total. The molecule has 1 aliphatic heterocycles. The van der Waals surface area contributed by atoms with E-state index in [9.17, 15) is 0 Å². The molecule has 1 aliphatic carbocycles. The Morgan fingerprint density at radius 2 is 2.36 bits per heavy atom. The first-order valence-electron chi connectivity index (χ1n) is 5.31. The molecule has 0 radical (unpaired) electrons.